The average molecular weight is 275 g/mol. The predicted octanol–water partition coefficient (Wildman–Crippen LogP) is 3.28. The van der Waals surface area contributed by atoms with E-state index in [9.17, 15) is 4.79 Å². The molecule has 0 bridgehead atoms. The van der Waals surface area contributed by atoms with Gasteiger partial charge >= 0.3 is 6.03 Å². The lowest BCUT2D eigenvalue weighted by Gasteiger charge is -2.22. The average Bonchev–Trinajstić information content (AvgIpc) is 2.95. The molecular formula is C14H17N3OS. The van der Waals surface area contributed by atoms with Gasteiger partial charge in [0.2, 0.25) is 0 Å². The van der Waals surface area contributed by atoms with Gasteiger partial charge in [-0.15, -0.1) is 11.3 Å². The van der Waals surface area contributed by atoms with Gasteiger partial charge in [-0.05, 0) is 42.5 Å². The van der Waals surface area contributed by atoms with Crippen LogP contribution in [0.1, 0.15) is 18.5 Å². The number of urea groups is 1. The van der Waals surface area contributed by atoms with Gasteiger partial charge in [-0.1, -0.05) is 0 Å². The molecule has 2 heterocycles. The van der Waals surface area contributed by atoms with E-state index in [0.29, 0.717) is 12.6 Å². The predicted molar refractivity (Wildman–Crippen MR) is 77.3 cm³/mol. The number of carbonyl (C=O) groups excluding carboxylic acids is 1. The van der Waals surface area contributed by atoms with Crippen LogP contribution in [0.4, 0.5) is 9.80 Å². The van der Waals surface area contributed by atoms with E-state index < -0.39 is 0 Å². The SMILES string of the molecule is Cn1cccc1CN(C(=O)Nc1cccs1)C1CC1. The monoisotopic (exact) mass is 275 g/mol. The molecule has 1 saturated carbocycles. The quantitative estimate of drug-likeness (QED) is 0.913. The highest BCUT2D eigenvalue weighted by atomic mass is 32.1. The molecular weight excluding hydrogens is 258 g/mol. The zero-order valence-corrected chi connectivity index (χ0v) is 11.7. The molecule has 0 aliphatic heterocycles. The Bertz CT molecular complexity index is 557. The molecule has 1 fully saturated rings. The van der Waals surface area contributed by atoms with Crippen LogP contribution in [0.25, 0.3) is 0 Å². The topological polar surface area (TPSA) is 37.3 Å². The molecule has 5 heteroatoms. The highest BCUT2D eigenvalue weighted by Crippen LogP contribution is 2.29. The Morgan fingerprint density at radius 3 is 2.89 bits per heavy atom. The number of aromatic nitrogens is 1. The van der Waals surface area contributed by atoms with Gasteiger partial charge in [0.15, 0.2) is 0 Å². The zero-order chi connectivity index (χ0) is 13.2. The maximum absolute atomic E-state index is 12.3. The number of nitrogens with one attached hydrogen (secondary N) is 1. The third kappa shape index (κ3) is 2.81. The number of hydrogen-bond acceptors (Lipinski definition) is 2. The van der Waals surface area contributed by atoms with Gasteiger partial charge < -0.3 is 9.47 Å². The Kier molecular flexibility index (Phi) is 3.29. The molecule has 4 nitrogen and oxygen atoms in total. The summed E-state index contributed by atoms with van der Waals surface area (Å²) >= 11 is 1.55. The summed E-state index contributed by atoms with van der Waals surface area (Å²) in [5.41, 5.74) is 1.16. The summed E-state index contributed by atoms with van der Waals surface area (Å²) in [4.78, 5) is 14.3. The standard InChI is InChI=1S/C14H17N3OS/c1-16-8-2-4-12(16)10-17(11-6-7-11)14(18)15-13-5-3-9-19-13/h2-5,8-9,11H,6-7,10H2,1H3,(H,15,18). The molecule has 3 rings (SSSR count). The Morgan fingerprint density at radius 1 is 1.47 bits per heavy atom. The number of anilines is 1. The van der Waals surface area contributed by atoms with Gasteiger partial charge in [0.25, 0.3) is 0 Å². The van der Waals surface area contributed by atoms with Crippen molar-refractivity contribution in [3.8, 4) is 0 Å². The number of hydrogen-bond donors (Lipinski definition) is 1. The lowest BCUT2D eigenvalue weighted by Crippen LogP contribution is -2.36. The number of thiophene rings is 1. The second-order valence-electron chi connectivity index (χ2n) is 4.88. The molecule has 1 aliphatic rings. The highest BCUT2D eigenvalue weighted by Gasteiger charge is 2.33. The lowest BCUT2D eigenvalue weighted by atomic mass is 10.3. The summed E-state index contributed by atoms with van der Waals surface area (Å²) in [6, 6.07) is 8.35. The van der Waals surface area contributed by atoms with E-state index in [2.05, 4.69) is 16.0 Å². The van der Waals surface area contributed by atoms with Crippen molar-refractivity contribution in [2.75, 3.05) is 5.32 Å². The third-order valence-electron chi connectivity index (χ3n) is 3.38. The first-order valence-corrected chi connectivity index (χ1v) is 7.33. The van der Waals surface area contributed by atoms with Crippen LogP contribution in [0.2, 0.25) is 0 Å². The van der Waals surface area contributed by atoms with Crippen molar-refractivity contribution in [1.29, 1.82) is 0 Å². The van der Waals surface area contributed by atoms with Gasteiger partial charge in [0, 0.05) is 25.0 Å². The van der Waals surface area contributed by atoms with Crippen molar-refractivity contribution in [2.24, 2.45) is 7.05 Å². The molecule has 100 valence electrons. The molecule has 2 aromatic heterocycles. The summed E-state index contributed by atoms with van der Waals surface area (Å²) in [6.45, 7) is 0.672. The molecule has 0 saturated heterocycles. The molecule has 0 unspecified atom stereocenters. The van der Waals surface area contributed by atoms with Crippen LogP contribution in [0, 0.1) is 0 Å². The largest absolute Gasteiger partial charge is 0.353 e. The Balaban J connectivity index is 1.70. The molecule has 0 atom stereocenters. The van der Waals surface area contributed by atoms with Crippen molar-refractivity contribution >= 4 is 22.4 Å². The van der Waals surface area contributed by atoms with Crippen LogP contribution in [0.3, 0.4) is 0 Å². The molecule has 1 aliphatic carbocycles. The molecule has 0 radical (unpaired) electrons. The van der Waals surface area contributed by atoms with Crippen LogP contribution in [0.5, 0.6) is 0 Å². The number of aryl methyl sites for hydroxylation is 1. The molecule has 1 N–H and O–H groups in total. The Labute approximate surface area is 116 Å². The minimum absolute atomic E-state index is 0.00569. The fraction of sp³-hybridized carbons (Fsp3) is 0.357. The number of rotatable bonds is 4. The number of nitrogens with zero attached hydrogens (tertiary/aromatic N) is 2. The van der Waals surface area contributed by atoms with Crippen molar-refractivity contribution < 1.29 is 4.79 Å². The highest BCUT2D eigenvalue weighted by molar-refractivity contribution is 7.14. The van der Waals surface area contributed by atoms with Gasteiger partial charge in [-0.25, -0.2) is 4.79 Å². The summed E-state index contributed by atoms with van der Waals surface area (Å²) < 4.78 is 2.06. The minimum Gasteiger partial charge on any atom is -0.353 e. The van der Waals surface area contributed by atoms with E-state index >= 15 is 0 Å². The van der Waals surface area contributed by atoms with E-state index in [0.717, 1.165) is 23.5 Å². The Hall–Kier alpha value is -1.75. The summed E-state index contributed by atoms with van der Waals surface area (Å²) in [6.07, 6.45) is 4.24. The maximum atomic E-state index is 12.3. The first kappa shape index (κ1) is 12.3. The van der Waals surface area contributed by atoms with E-state index in [1.807, 2.05) is 41.7 Å². The van der Waals surface area contributed by atoms with Crippen molar-refractivity contribution in [3.63, 3.8) is 0 Å². The molecule has 0 aromatic carbocycles. The molecule has 2 aromatic rings. The summed E-state index contributed by atoms with van der Waals surface area (Å²) in [5.74, 6) is 0. The van der Waals surface area contributed by atoms with E-state index in [4.69, 9.17) is 0 Å². The van der Waals surface area contributed by atoms with E-state index in [1.165, 1.54) is 0 Å². The fourth-order valence-corrected chi connectivity index (χ4v) is 2.72. The van der Waals surface area contributed by atoms with Gasteiger partial charge in [-0.2, -0.15) is 0 Å². The van der Waals surface area contributed by atoms with Crippen molar-refractivity contribution in [3.05, 3.63) is 41.5 Å². The van der Waals surface area contributed by atoms with E-state index in [-0.39, 0.29) is 6.03 Å². The lowest BCUT2D eigenvalue weighted by molar-refractivity contribution is 0.205. The minimum atomic E-state index is 0.00569. The molecule has 0 spiro atoms. The smallest absolute Gasteiger partial charge is 0.323 e. The number of carbonyl (C=O) groups is 1. The zero-order valence-electron chi connectivity index (χ0n) is 10.9. The van der Waals surface area contributed by atoms with Crippen molar-refractivity contribution in [1.82, 2.24) is 9.47 Å². The van der Waals surface area contributed by atoms with Gasteiger partial charge in [0.1, 0.15) is 0 Å². The summed E-state index contributed by atoms with van der Waals surface area (Å²) in [5, 5.41) is 5.84. The van der Waals surface area contributed by atoms with Crippen LogP contribution in [-0.4, -0.2) is 21.5 Å². The van der Waals surface area contributed by atoms with Crippen LogP contribution in [-0.2, 0) is 13.6 Å². The van der Waals surface area contributed by atoms with Gasteiger partial charge in [0.05, 0.1) is 11.5 Å². The fourth-order valence-electron chi connectivity index (χ4n) is 2.12. The third-order valence-corrected chi connectivity index (χ3v) is 4.17. The van der Waals surface area contributed by atoms with E-state index in [1.54, 1.807) is 11.3 Å². The molecule has 2 amide bonds. The second kappa shape index (κ2) is 5.09. The van der Waals surface area contributed by atoms with Crippen LogP contribution in [0.15, 0.2) is 35.8 Å². The van der Waals surface area contributed by atoms with Gasteiger partial charge in [-0.3, -0.25) is 5.32 Å². The molecule has 19 heavy (non-hydrogen) atoms. The normalized spacial score (nSPS) is 14.4. The first-order valence-electron chi connectivity index (χ1n) is 6.45. The van der Waals surface area contributed by atoms with Crippen LogP contribution >= 0.6 is 11.3 Å². The number of amides is 2. The maximum Gasteiger partial charge on any atom is 0.323 e. The Morgan fingerprint density at radius 2 is 2.32 bits per heavy atom. The van der Waals surface area contributed by atoms with Crippen molar-refractivity contribution in [2.45, 2.75) is 25.4 Å². The van der Waals surface area contributed by atoms with Crippen LogP contribution < -0.4 is 5.32 Å². The summed E-state index contributed by atoms with van der Waals surface area (Å²) in [7, 11) is 2.01. The second-order valence-corrected chi connectivity index (χ2v) is 5.82. The first-order chi connectivity index (χ1) is 9.24.